The molecule has 1 aromatic carbocycles. The van der Waals surface area contributed by atoms with Crippen LogP contribution in [0.4, 0.5) is 5.69 Å². The molecule has 6 heteroatoms. The van der Waals surface area contributed by atoms with Crippen LogP contribution in [0.1, 0.15) is 33.6 Å². The zero-order valence-corrected chi connectivity index (χ0v) is 15.4. The Kier molecular flexibility index (Phi) is 5.50. The molecule has 1 saturated carbocycles. The molecule has 0 aliphatic heterocycles. The lowest BCUT2D eigenvalue weighted by atomic mass is 10.2. The average Bonchev–Trinajstić information content (AvgIpc) is 3.29. The Bertz CT molecular complexity index is 768. The molecule has 5 nitrogen and oxygen atoms in total. The quantitative estimate of drug-likeness (QED) is 0.801. The van der Waals surface area contributed by atoms with Crippen molar-refractivity contribution in [2.24, 2.45) is 0 Å². The van der Waals surface area contributed by atoms with Crippen molar-refractivity contribution < 1.29 is 9.59 Å². The van der Waals surface area contributed by atoms with E-state index in [1.165, 1.54) is 10.4 Å². The van der Waals surface area contributed by atoms with Gasteiger partial charge in [-0.05, 0) is 62.0 Å². The highest BCUT2D eigenvalue weighted by molar-refractivity contribution is 7.10. The lowest BCUT2D eigenvalue weighted by Gasteiger charge is -2.16. The molecule has 25 heavy (non-hydrogen) atoms. The van der Waals surface area contributed by atoms with Crippen molar-refractivity contribution in [3.8, 4) is 0 Å². The summed E-state index contributed by atoms with van der Waals surface area (Å²) >= 11 is 1.71. The third-order valence-electron chi connectivity index (χ3n) is 4.12. The van der Waals surface area contributed by atoms with Gasteiger partial charge in [-0.1, -0.05) is 6.07 Å². The standard InChI is InChI=1S/C19H23N3O2S/c1-13-8-9-25-17(13)11-22(2)12-18(23)20-16-5-3-4-14(10-16)19(24)21-15-6-7-15/h3-5,8-10,15H,6-7,11-12H2,1-2H3,(H,20,23)(H,21,24). The first-order chi connectivity index (χ1) is 12.0. The van der Waals surface area contributed by atoms with E-state index in [4.69, 9.17) is 0 Å². The highest BCUT2D eigenvalue weighted by Gasteiger charge is 2.23. The molecule has 0 spiro atoms. The molecule has 0 saturated heterocycles. The minimum atomic E-state index is -0.0866. The van der Waals surface area contributed by atoms with Crippen molar-refractivity contribution in [1.29, 1.82) is 0 Å². The summed E-state index contributed by atoms with van der Waals surface area (Å²) in [7, 11) is 1.93. The third kappa shape index (κ3) is 5.14. The van der Waals surface area contributed by atoms with Gasteiger partial charge in [0.25, 0.3) is 5.91 Å². The number of benzene rings is 1. The summed E-state index contributed by atoms with van der Waals surface area (Å²) in [6, 6.07) is 9.48. The molecule has 0 atom stereocenters. The second kappa shape index (κ2) is 7.80. The highest BCUT2D eigenvalue weighted by atomic mass is 32.1. The number of likely N-dealkylation sites (N-methyl/N-ethyl adjacent to an activating group) is 1. The molecule has 0 radical (unpaired) electrons. The maximum atomic E-state index is 12.3. The summed E-state index contributed by atoms with van der Waals surface area (Å²) in [6.45, 7) is 3.13. The van der Waals surface area contributed by atoms with Crippen LogP contribution in [-0.2, 0) is 11.3 Å². The third-order valence-corrected chi connectivity index (χ3v) is 5.12. The summed E-state index contributed by atoms with van der Waals surface area (Å²) in [5, 5.41) is 7.89. The zero-order valence-electron chi connectivity index (χ0n) is 14.5. The maximum Gasteiger partial charge on any atom is 0.251 e. The number of nitrogens with zero attached hydrogens (tertiary/aromatic N) is 1. The lowest BCUT2D eigenvalue weighted by molar-refractivity contribution is -0.117. The van der Waals surface area contributed by atoms with E-state index in [1.807, 2.05) is 11.9 Å². The smallest absolute Gasteiger partial charge is 0.251 e. The van der Waals surface area contributed by atoms with Crippen molar-refractivity contribution in [1.82, 2.24) is 10.2 Å². The highest BCUT2D eigenvalue weighted by Crippen LogP contribution is 2.20. The van der Waals surface area contributed by atoms with Gasteiger partial charge in [0.2, 0.25) is 5.91 Å². The van der Waals surface area contributed by atoms with E-state index in [0.717, 1.165) is 19.4 Å². The Morgan fingerprint density at radius 1 is 1.28 bits per heavy atom. The predicted molar refractivity (Wildman–Crippen MR) is 101 cm³/mol. The number of rotatable bonds is 7. The number of hydrogen-bond donors (Lipinski definition) is 2. The Balaban J connectivity index is 1.53. The molecule has 2 aromatic rings. The predicted octanol–water partition coefficient (Wildman–Crippen LogP) is 3.02. The molecule has 1 aliphatic carbocycles. The van der Waals surface area contributed by atoms with Gasteiger partial charge >= 0.3 is 0 Å². The second-order valence-electron chi connectivity index (χ2n) is 6.58. The van der Waals surface area contributed by atoms with Gasteiger partial charge in [0.05, 0.1) is 6.54 Å². The largest absolute Gasteiger partial charge is 0.349 e. The van der Waals surface area contributed by atoms with E-state index in [-0.39, 0.29) is 11.8 Å². The number of carbonyl (C=O) groups is 2. The molecule has 1 aromatic heterocycles. The number of hydrogen-bond acceptors (Lipinski definition) is 4. The Morgan fingerprint density at radius 3 is 2.76 bits per heavy atom. The van der Waals surface area contributed by atoms with Crippen molar-refractivity contribution in [3.63, 3.8) is 0 Å². The summed E-state index contributed by atoms with van der Waals surface area (Å²) in [6.07, 6.45) is 2.11. The molecule has 1 aliphatic rings. The second-order valence-corrected chi connectivity index (χ2v) is 7.58. The van der Waals surface area contributed by atoms with Crippen LogP contribution in [0.3, 0.4) is 0 Å². The van der Waals surface area contributed by atoms with E-state index < -0.39 is 0 Å². The number of nitrogens with one attached hydrogen (secondary N) is 2. The summed E-state index contributed by atoms with van der Waals surface area (Å²) in [5.74, 6) is -0.166. The Labute approximate surface area is 152 Å². The van der Waals surface area contributed by atoms with Crippen LogP contribution in [0.2, 0.25) is 0 Å². The topological polar surface area (TPSA) is 61.4 Å². The van der Waals surface area contributed by atoms with Crippen LogP contribution < -0.4 is 10.6 Å². The van der Waals surface area contributed by atoms with Crippen LogP contribution >= 0.6 is 11.3 Å². The number of thiophene rings is 1. The van der Waals surface area contributed by atoms with Gasteiger partial charge in [-0.25, -0.2) is 0 Å². The van der Waals surface area contributed by atoms with E-state index in [9.17, 15) is 9.59 Å². The van der Waals surface area contributed by atoms with Gasteiger partial charge in [-0.15, -0.1) is 11.3 Å². The van der Waals surface area contributed by atoms with E-state index >= 15 is 0 Å². The summed E-state index contributed by atoms with van der Waals surface area (Å²) in [5.41, 5.74) is 2.48. The van der Waals surface area contributed by atoms with Gasteiger partial charge in [-0.3, -0.25) is 14.5 Å². The molecule has 1 heterocycles. The van der Waals surface area contributed by atoms with Gasteiger partial charge in [-0.2, -0.15) is 0 Å². The lowest BCUT2D eigenvalue weighted by Crippen LogP contribution is -2.30. The van der Waals surface area contributed by atoms with Crippen LogP contribution in [0.5, 0.6) is 0 Å². The van der Waals surface area contributed by atoms with Crippen molar-refractivity contribution in [2.45, 2.75) is 32.4 Å². The van der Waals surface area contributed by atoms with Crippen LogP contribution in [0, 0.1) is 6.92 Å². The summed E-state index contributed by atoms with van der Waals surface area (Å²) in [4.78, 5) is 27.6. The van der Waals surface area contributed by atoms with E-state index in [1.54, 1.807) is 35.6 Å². The molecular weight excluding hydrogens is 334 g/mol. The van der Waals surface area contributed by atoms with Crippen LogP contribution in [-0.4, -0.2) is 36.3 Å². The van der Waals surface area contributed by atoms with Crippen molar-refractivity contribution in [3.05, 3.63) is 51.7 Å². The Hall–Kier alpha value is -2.18. The fourth-order valence-corrected chi connectivity index (χ4v) is 3.53. The van der Waals surface area contributed by atoms with Gasteiger partial charge < -0.3 is 10.6 Å². The fourth-order valence-electron chi connectivity index (χ4n) is 2.55. The number of anilines is 1. The summed E-state index contributed by atoms with van der Waals surface area (Å²) < 4.78 is 0. The zero-order chi connectivity index (χ0) is 17.8. The molecule has 3 rings (SSSR count). The normalized spacial score (nSPS) is 13.7. The van der Waals surface area contributed by atoms with Crippen molar-refractivity contribution >= 4 is 28.8 Å². The maximum absolute atomic E-state index is 12.3. The van der Waals surface area contributed by atoms with Crippen molar-refractivity contribution in [2.75, 3.05) is 18.9 Å². The van der Waals surface area contributed by atoms with Gasteiger partial charge in [0.15, 0.2) is 0 Å². The molecule has 2 N–H and O–H groups in total. The molecule has 1 fully saturated rings. The average molecular weight is 357 g/mol. The first-order valence-corrected chi connectivity index (χ1v) is 9.31. The number of amides is 2. The van der Waals surface area contributed by atoms with E-state index in [0.29, 0.717) is 23.8 Å². The van der Waals surface area contributed by atoms with Crippen LogP contribution in [0.15, 0.2) is 35.7 Å². The Morgan fingerprint density at radius 2 is 2.08 bits per heavy atom. The molecule has 0 unspecified atom stereocenters. The number of aryl methyl sites for hydroxylation is 1. The monoisotopic (exact) mass is 357 g/mol. The molecule has 2 amide bonds. The molecule has 0 bridgehead atoms. The fraction of sp³-hybridized carbons (Fsp3) is 0.368. The minimum Gasteiger partial charge on any atom is -0.349 e. The van der Waals surface area contributed by atoms with Crippen LogP contribution in [0.25, 0.3) is 0 Å². The SMILES string of the molecule is Cc1ccsc1CN(C)CC(=O)Nc1cccc(C(=O)NC2CC2)c1. The first-order valence-electron chi connectivity index (χ1n) is 8.43. The number of carbonyl (C=O) groups excluding carboxylic acids is 2. The van der Waals surface area contributed by atoms with Gasteiger partial charge in [0, 0.05) is 28.7 Å². The van der Waals surface area contributed by atoms with E-state index in [2.05, 4.69) is 29.0 Å². The van der Waals surface area contributed by atoms with Gasteiger partial charge in [0.1, 0.15) is 0 Å². The molecule has 132 valence electrons. The minimum absolute atomic E-state index is 0.0797. The first kappa shape index (κ1) is 17.6. The molecular formula is C19H23N3O2S.